The Hall–Kier alpha value is -1.79. The molecule has 6 nitrogen and oxygen atoms in total. The number of aromatic carboxylic acids is 1. The molecule has 20 heavy (non-hydrogen) atoms. The van der Waals surface area contributed by atoms with E-state index in [4.69, 9.17) is 16.7 Å². The van der Waals surface area contributed by atoms with Crippen LogP contribution in [0.2, 0.25) is 5.02 Å². The largest absolute Gasteiger partial charge is 0.478 e. The van der Waals surface area contributed by atoms with Crippen LogP contribution in [0.3, 0.4) is 0 Å². The van der Waals surface area contributed by atoms with Gasteiger partial charge in [0.2, 0.25) is 0 Å². The SMILES string of the molecule is O=C(Nc1ccc(Cl)cc1C(=O)O)NC1CCNCC1. The van der Waals surface area contributed by atoms with Crippen molar-refractivity contribution in [1.29, 1.82) is 0 Å². The van der Waals surface area contributed by atoms with Crippen LogP contribution < -0.4 is 16.0 Å². The zero-order valence-electron chi connectivity index (χ0n) is 10.8. The molecule has 2 rings (SSSR count). The quantitative estimate of drug-likeness (QED) is 0.686. The van der Waals surface area contributed by atoms with Crippen molar-refractivity contribution in [3.8, 4) is 0 Å². The van der Waals surface area contributed by atoms with E-state index in [0.29, 0.717) is 5.02 Å². The molecule has 2 amide bonds. The number of benzene rings is 1. The molecule has 0 spiro atoms. The van der Waals surface area contributed by atoms with E-state index >= 15 is 0 Å². The van der Waals surface area contributed by atoms with E-state index in [9.17, 15) is 9.59 Å². The molecule has 4 N–H and O–H groups in total. The second kappa shape index (κ2) is 6.58. The highest BCUT2D eigenvalue weighted by atomic mass is 35.5. The highest BCUT2D eigenvalue weighted by molar-refractivity contribution is 6.31. The summed E-state index contributed by atoms with van der Waals surface area (Å²) in [6.45, 7) is 1.73. The predicted molar refractivity (Wildman–Crippen MR) is 76.5 cm³/mol. The van der Waals surface area contributed by atoms with E-state index in [1.165, 1.54) is 18.2 Å². The second-order valence-corrected chi connectivity index (χ2v) is 5.05. The van der Waals surface area contributed by atoms with E-state index < -0.39 is 12.0 Å². The molecule has 0 saturated carbocycles. The fraction of sp³-hybridized carbons (Fsp3) is 0.385. The number of rotatable bonds is 3. The maximum Gasteiger partial charge on any atom is 0.337 e. The Kier molecular flexibility index (Phi) is 4.81. The molecule has 1 aromatic rings. The van der Waals surface area contributed by atoms with Crippen LogP contribution in [0, 0.1) is 0 Å². The maximum absolute atomic E-state index is 11.9. The molecule has 1 aromatic carbocycles. The summed E-state index contributed by atoms with van der Waals surface area (Å²) in [5.74, 6) is -1.13. The number of hydrogen-bond acceptors (Lipinski definition) is 3. The van der Waals surface area contributed by atoms with Gasteiger partial charge in [0.05, 0.1) is 11.3 Å². The topological polar surface area (TPSA) is 90.5 Å². The summed E-state index contributed by atoms with van der Waals surface area (Å²) < 4.78 is 0. The Morgan fingerprint density at radius 1 is 1.30 bits per heavy atom. The summed E-state index contributed by atoms with van der Waals surface area (Å²) in [6.07, 6.45) is 1.72. The fourth-order valence-corrected chi connectivity index (χ4v) is 2.28. The molecule has 108 valence electrons. The molecule has 1 aliphatic rings. The minimum Gasteiger partial charge on any atom is -0.478 e. The van der Waals surface area contributed by atoms with Gasteiger partial charge in [-0.05, 0) is 44.1 Å². The number of nitrogens with one attached hydrogen (secondary N) is 3. The molecule has 1 saturated heterocycles. The first kappa shape index (κ1) is 14.6. The highest BCUT2D eigenvalue weighted by Crippen LogP contribution is 2.20. The summed E-state index contributed by atoms with van der Waals surface area (Å²) in [4.78, 5) is 23.0. The molecular formula is C13H16ClN3O3. The summed E-state index contributed by atoms with van der Waals surface area (Å²) in [5, 5.41) is 18.0. The molecule has 0 aromatic heterocycles. The van der Waals surface area contributed by atoms with E-state index in [1.807, 2.05) is 0 Å². The molecule has 0 bridgehead atoms. The third-order valence-electron chi connectivity index (χ3n) is 3.13. The number of amides is 2. The lowest BCUT2D eigenvalue weighted by molar-refractivity contribution is 0.0698. The summed E-state index contributed by atoms with van der Waals surface area (Å²) in [6, 6.07) is 4.03. The van der Waals surface area contributed by atoms with Crippen molar-refractivity contribution in [2.45, 2.75) is 18.9 Å². The van der Waals surface area contributed by atoms with Crippen LogP contribution in [-0.4, -0.2) is 36.2 Å². The lowest BCUT2D eigenvalue weighted by Gasteiger charge is -2.23. The molecule has 0 radical (unpaired) electrons. The van der Waals surface area contributed by atoms with Gasteiger partial charge in [0, 0.05) is 11.1 Å². The van der Waals surface area contributed by atoms with Crippen molar-refractivity contribution in [2.24, 2.45) is 0 Å². The molecular weight excluding hydrogens is 282 g/mol. The maximum atomic E-state index is 11.9. The van der Waals surface area contributed by atoms with Gasteiger partial charge >= 0.3 is 12.0 Å². The van der Waals surface area contributed by atoms with Crippen LogP contribution in [-0.2, 0) is 0 Å². The molecule has 0 aliphatic carbocycles. The fourth-order valence-electron chi connectivity index (χ4n) is 2.11. The summed E-state index contributed by atoms with van der Waals surface area (Å²) >= 11 is 5.75. The standard InChI is InChI=1S/C13H16ClN3O3/c14-8-1-2-11(10(7-8)12(18)19)17-13(20)16-9-3-5-15-6-4-9/h1-2,7,9,15H,3-6H2,(H,18,19)(H2,16,17,20). The molecule has 0 atom stereocenters. The molecule has 0 unspecified atom stereocenters. The van der Waals surface area contributed by atoms with E-state index in [0.717, 1.165) is 25.9 Å². The third kappa shape index (κ3) is 3.85. The number of anilines is 1. The minimum absolute atomic E-state index is 0.0297. The van der Waals surface area contributed by atoms with Gasteiger partial charge in [-0.2, -0.15) is 0 Å². The van der Waals surface area contributed by atoms with Crippen molar-refractivity contribution in [3.63, 3.8) is 0 Å². The lowest BCUT2D eigenvalue weighted by Crippen LogP contribution is -2.44. The zero-order chi connectivity index (χ0) is 14.5. The third-order valence-corrected chi connectivity index (χ3v) is 3.37. The van der Waals surface area contributed by atoms with Crippen LogP contribution in [0.4, 0.5) is 10.5 Å². The number of carboxylic acid groups (broad SMARTS) is 1. The second-order valence-electron chi connectivity index (χ2n) is 4.62. The van der Waals surface area contributed by atoms with Gasteiger partial charge in [-0.15, -0.1) is 0 Å². The van der Waals surface area contributed by atoms with E-state index in [-0.39, 0.29) is 17.3 Å². The molecule has 1 fully saturated rings. The van der Waals surface area contributed by atoms with Crippen molar-refractivity contribution in [1.82, 2.24) is 10.6 Å². The minimum atomic E-state index is -1.13. The Balaban J connectivity index is 2.01. The normalized spacial score (nSPS) is 15.7. The Bertz CT molecular complexity index is 516. The summed E-state index contributed by atoms with van der Waals surface area (Å²) in [5.41, 5.74) is 0.200. The molecule has 1 aliphatic heterocycles. The smallest absolute Gasteiger partial charge is 0.337 e. The first-order valence-electron chi connectivity index (χ1n) is 6.37. The van der Waals surface area contributed by atoms with Gasteiger partial charge in [0.15, 0.2) is 0 Å². The predicted octanol–water partition coefficient (Wildman–Crippen LogP) is 1.91. The van der Waals surface area contributed by atoms with Gasteiger partial charge in [-0.25, -0.2) is 9.59 Å². The van der Waals surface area contributed by atoms with Gasteiger partial charge in [-0.3, -0.25) is 0 Å². The Morgan fingerprint density at radius 3 is 2.65 bits per heavy atom. The number of carboxylic acids is 1. The van der Waals surface area contributed by atoms with Crippen molar-refractivity contribution >= 4 is 29.3 Å². The Morgan fingerprint density at radius 2 is 2.00 bits per heavy atom. The number of hydrogen-bond donors (Lipinski definition) is 4. The van der Waals surface area contributed by atoms with E-state index in [2.05, 4.69) is 16.0 Å². The van der Waals surface area contributed by atoms with Gasteiger partial charge in [0.25, 0.3) is 0 Å². The average molecular weight is 298 g/mol. The van der Waals surface area contributed by atoms with Crippen LogP contribution in [0.5, 0.6) is 0 Å². The van der Waals surface area contributed by atoms with Crippen molar-refractivity contribution in [2.75, 3.05) is 18.4 Å². The lowest BCUT2D eigenvalue weighted by atomic mass is 10.1. The highest BCUT2D eigenvalue weighted by Gasteiger charge is 2.17. The first-order chi connectivity index (χ1) is 9.56. The zero-order valence-corrected chi connectivity index (χ0v) is 11.5. The van der Waals surface area contributed by atoms with Crippen LogP contribution >= 0.6 is 11.6 Å². The number of carbonyl (C=O) groups excluding carboxylic acids is 1. The van der Waals surface area contributed by atoms with Crippen molar-refractivity contribution < 1.29 is 14.7 Å². The number of carbonyl (C=O) groups is 2. The monoisotopic (exact) mass is 297 g/mol. The van der Waals surface area contributed by atoms with Crippen LogP contribution in [0.15, 0.2) is 18.2 Å². The number of halogens is 1. The van der Waals surface area contributed by atoms with Crippen molar-refractivity contribution in [3.05, 3.63) is 28.8 Å². The number of piperidine rings is 1. The van der Waals surface area contributed by atoms with Crippen LogP contribution in [0.25, 0.3) is 0 Å². The average Bonchev–Trinajstić information content (AvgIpc) is 2.41. The Labute approximate surface area is 121 Å². The van der Waals surface area contributed by atoms with E-state index in [1.54, 1.807) is 0 Å². The van der Waals surface area contributed by atoms with Gasteiger partial charge < -0.3 is 21.1 Å². The molecule has 1 heterocycles. The molecule has 7 heteroatoms. The first-order valence-corrected chi connectivity index (χ1v) is 6.75. The summed E-state index contributed by atoms with van der Waals surface area (Å²) in [7, 11) is 0. The van der Waals surface area contributed by atoms with Gasteiger partial charge in [0.1, 0.15) is 0 Å². The number of urea groups is 1. The van der Waals surface area contributed by atoms with Crippen LogP contribution in [0.1, 0.15) is 23.2 Å². The van der Waals surface area contributed by atoms with Gasteiger partial charge in [-0.1, -0.05) is 11.6 Å².